The Morgan fingerprint density at radius 1 is 1.19 bits per heavy atom. The molecular weight excluding hydrogens is 278 g/mol. The molecule has 0 saturated carbocycles. The first-order chi connectivity index (χ1) is 10.1. The van der Waals surface area contributed by atoms with E-state index in [1.165, 1.54) is 31.4 Å². The number of rotatable bonds is 2. The first-order valence-corrected chi connectivity index (χ1v) is 6.55. The van der Waals surface area contributed by atoms with Crippen LogP contribution in [0.4, 0.5) is 8.78 Å². The van der Waals surface area contributed by atoms with Crippen LogP contribution in [0.3, 0.4) is 0 Å². The van der Waals surface area contributed by atoms with Crippen molar-refractivity contribution in [3.63, 3.8) is 0 Å². The van der Waals surface area contributed by atoms with Gasteiger partial charge in [0, 0.05) is 12.5 Å². The Hall–Kier alpha value is -2.14. The van der Waals surface area contributed by atoms with Crippen LogP contribution in [0.5, 0.6) is 11.5 Å². The van der Waals surface area contributed by atoms with Gasteiger partial charge >= 0.3 is 0 Å². The zero-order chi connectivity index (χ0) is 15.0. The van der Waals surface area contributed by atoms with Crippen molar-refractivity contribution >= 4 is 0 Å². The molecule has 0 aromatic heterocycles. The second kappa shape index (κ2) is 5.33. The van der Waals surface area contributed by atoms with Gasteiger partial charge in [-0.1, -0.05) is 12.1 Å². The zero-order valence-electron chi connectivity index (χ0n) is 11.3. The highest BCUT2D eigenvalue weighted by Gasteiger charge is 2.30. The van der Waals surface area contributed by atoms with Crippen LogP contribution >= 0.6 is 0 Å². The summed E-state index contributed by atoms with van der Waals surface area (Å²) in [5.74, 6) is -0.447. The van der Waals surface area contributed by atoms with Crippen molar-refractivity contribution < 1.29 is 23.4 Å². The molecule has 0 unspecified atom stereocenters. The molecule has 1 aliphatic rings. The van der Waals surface area contributed by atoms with Gasteiger partial charge in [-0.15, -0.1) is 0 Å². The maximum atomic E-state index is 13.8. The lowest BCUT2D eigenvalue weighted by Crippen LogP contribution is -2.30. The highest BCUT2D eigenvalue weighted by molar-refractivity contribution is 5.39. The van der Waals surface area contributed by atoms with E-state index in [1.54, 1.807) is 12.1 Å². The van der Waals surface area contributed by atoms with E-state index in [0.29, 0.717) is 17.7 Å². The van der Waals surface area contributed by atoms with Crippen LogP contribution in [0.1, 0.15) is 17.2 Å². The predicted molar refractivity (Wildman–Crippen MR) is 72.4 cm³/mol. The summed E-state index contributed by atoms with van der Waals surface area (Å²) in [6.45, 7) is 0. The van der Waals surface area contributed by atoms with Gasteiger partial charge in [-0.25, -0.2) is 8.78 Å². The van der Waals surface area contributed by atoms with Crippen LogP contribution in [-0.4, -0.2) is 18.3 Å². The molecule has 0 fully saturated rings. The largest absolute Gasteiger partial charge is 0.494 e. The lowest BCUT2D eigenvalue weighted by Gasteiger charge is -2.31. The van der Waals surface area contributed by atoms with Crippen LogP contribution in [0.25, 0.3) is 0 Å². The summed E-state index contributed by atoms with van der Waals surface area (Å²) in [5, 5.41) is 10.2. The molecule has 0 radical (unpaired) electrons. The van der Waals surface area contributed by atoms with Gasteiger partial charge in [0.05, 0.1) is 13.2 Å². The van der Waals surface area contributed by atoms with Crippen LogP contribution in [0, 0.1) is 11.6 Å². The second-order valence-corrected chi connectivity index (χ2v) is 4.96. The van der Waals surface area contributed by atoms with Gasteiger partial charge < -0.3 is 14.6 Å². The number of benzene rings is 2. The molecule has 2 aromatic rings. The van der Waals surface area contributed by atoms with Gasteiger partial charge in [-0.2, -0.15) is 0 Å². The lowest BCUT2D eigenvalue weighted by atomic mass is 9.94. The average Bonchev–Trinajstić information content (AvgIpc) is 2.47. The highest BCUT2D eigenvalue weighted by Crippen LogP contribution is 2.36. The standard InChI is InChI=1S/C16H14F2O3/c1-20-14-5-3-10(6-12(14)18)16-13(19)7-9-2-4-11(17)8-15(9)21-16/h2-6,8,13,16,19H,7H2,1H3/t13-,16-/m1/s1. The molecular formula is C16H14F2O3. The van der Waals surface area contributed by atoms with Gasteiger partial charge in [-0.3, -0.25) is 0 Å². The summed E-state index contributed by atoms with van der Waals surface area (Å²) >= 11 is 0. The average molecular weight is 292 g/mol. The summed E-state index contributed by atoms with van der Waals surface area (Å²) in [4.78, 5) is 0. The molecule has 5 heteroatoms. The Morgan fingerprint density at radius 2 is 2.00 bits per heavy atom. The monoisotopic (exact) mass is 292 g/mol. The zero-order valence-corrected chi connectivity index (χ0v) is 11.3. The molecule has 21 heavy (non-hydrogen) atoms. The van der Waals surface area contributed by atoms with Crippen molar-refractivity contribution in [3.05, 3.63) is 59.2 Å². The van der Waals surface area contributed by atoms with Crippen molar-refractivity contribution in [2.24, 2.45) is 0 Å². The number of hydrogen-bond donors (Lipinski definition) is 1. The van der Waals surface area contributed by atoms with E-state index in [9.17, 15) is 13.9 Å². The molecule has 1 heterocycles. The molecule has 2 atom stereocenters. The Kier molecular flexibility index (Phi) is 3.51. The molecule has 0 aliphatic carbocycles. The molecule has 1 aliphatic heterocycles. The number of ether oxygens (including phenoxy) is 2. The fraction of sp³-hybridized carbons (Fsp3) is 0.250. The second-order valence-electron chi connectivity index (χ2n) is 4.96. The van der Waals surface area contributed by atoms with Crippen molar-refractivity contribution in [1.82, 2.24) is 0 Å². The van der Waals surface area contributed by atoms with Crippen LogP contribution in [0.2, 0.25) is 0 Å². The SMILES string of the molecule is COc1ccc([C@H]2Oc3cc(F)ccc3C[C@H]2O)cc1F. The first kappa shape index (κ1) is 13.8. The van der Waals surface area contributed by atoms with Crippen molar-refractivity contribution in [1.29, 1.82) is 0 Å². The number of halogens is 2. The fourth-order valence-corrected chi connectivity index (χ4v) is 2.50. The van der Waals surface area contributed by atoms with Crippen LogP contribution in [-0.2, 0) is 6.42 Å². The van der Waals surface area contributed by atoms with Crippen LogP contribution < -0.4 is 9.47 Å². The highest BCUT2D eigenvalue weighted by atomic mass is 19.1. The maximum Gasteiger partial charge on any atom is 0.165 e. The third kappa shape index (κ3) is 2.56. The quantitative estimate of drug-likeness (QED) is 0.924. The third-order valence-electron chi connectivity index (χ3n) is 3.57. The third-order valence-corrected chi connectivity index (χ3v) is 3.57. The van der Waals surface area contributed by atoms with E-state index in [2.05, 4.69) is 0 Å². The normalized spacial score (nSPS) is 20.6. The van der Waals surface area contributed by atoms with Gasteiger partial charge in [0.1, 0.15) is 17.7 Å². The van der Waals surface area contributed by atoms with Gasteiger partial charge in [0.25, 0.3) is 0 Å². The molecule has 0 amide bonds. The summed E-state index contributed by atoms with van der Waals surface area (Å²) in [6.07, 6.45) is -1.23. The molecule has 0 bridgehead atoms. The summed E-state index contributed by atoms with van der Waals surface area (Å²) in [7, 11) is 1.38. The fourth-order valence-electron chi connectivity index (χ4n) is 2.50. The minimum Gasteiger partial charge on any atom is -0.494 e. The minimum absolute atomic E-state index is 0.121. The van der Waals surface area contributed by atoms with E-state index in [1.807, 2.05) is 0 Å². The number of aliphatic hydroxyl groups is 1. The Morgan fingerprint density at radius 3 is 2.71 bits per heavy atom. The Balaban J connectivity index is 1.94. The predicted octanol–water partition coefficient (Wildman–Crippen LogP) is 3.01. The number of aliphatic hydroxyl groups excluding tert-OH is 1. The van der Waals surface area contributed by atoms with Gasteiger partial charge in [0.15, 0.2) is 11.6 Å². The van der Waals surface area contributed by atoms with E-state index < -0.39 is 23.8 Å². The summed E-state index contributed by atoms with van der Waals surface area (Å²) in [5.41, 5.74) is 1.21. The minimum atomic E-state index is -0.823. The molecule has 3 nitrogen and oxygen atoms in total. The Bertz CT molecular complexity index is 673. The van der Waals surface area contributed by atoms with E-state index >= 15 is 0 Å². The first-order valence-electron chi connectivity index (χ1n) is 6.55. The maximum absolute atomic E-state index is 13.8. The molecule has 0 saturated heterocycles. The Labute approximate surface area is 120 Å². The number of methoxy groups -OCH3 is 1. The topological polar surface area (TPSA) is 38.7 Å². The molecule has 3 rings (SSSR count). The van der Waals surface area contributed by atoms with E-state index in [4.69, 9.17) is 9.47 Å². The van der Waals surface area contributed by atoms with Gasteiger partial charge in [0.2, 0.25) is 0 Å². The molecule has 1 N–H and O–H groups in total. The summed E-state index contributed by atoms with van der Waals surface area (Å²) in [6, 6.07) is 8.54. The summed E-state index contributed by atoms with van der Waals surface area (Å²) < 4.78 is 37.5. The van der Waals surface area contributed by atoms with Crippen LogP contribution in [0.15, 0.2) is 36.4 Å². The molecule has 110 valence electrons. The van der Waals surface area contributed by atoms with Crippen molar-refractivity contribution in [3.8, 4) is 11.5 Å². The smallest absolute Gasteiger partial charge is 0.165 e. The van der Waals surface area contributed by atoms with Gasteiger partial charge in [-0.05, 0) is 29.3 Å². The van der Waals surface area contributed by atoms with E-state index in [0.717, 1.165) is 5.56 Å². The van der Waals surface area contributed by atoms with E-state index in [-0.39, 0.29) is 5.75 Å². The lowest BCUT2D eigenvalue weighted by molar-refractivity contribution is 0.0204. The molecule has 0 spiro atoms. The number of hydrogen-bond acceptors (Lipinski definition) is 3. The number of fused-ring (bicyclic) bond motifs is 1. The molecule has 2 aromatic carbocycles. The van der Waals surface area contributed by atoms with Crippen molar-refractivity contribution in [2.75, 3.05) is 7.11 Å². The van der Waals surface area contributed by atoms with Crippen molar-refractivity contribution in [2.45, 2.75) is 18.6 Å².